The minimum Gasteiger partial charge on any atom is -0.399 e. The Morgan fingerprint density at radius 3 is 2.85 bits per heavy atom. The van der Waals surface area contributed by atoms with E-state index in [-0.39, 0.29) is 12.3 Å². The first-order chi connectivity index (χ1) is 9.46. The summed E-state index contributed by atoms with van der Waals surface area (Å²) in [6, 6.07) is 6.84. The zero-order chi connectivity index (χ0) is 14.6. The average Bonchev–Trinajstić information content (AvgIpc) is 2.74. The van der Waals surface area contributed by atoms with Crippen LogP contribution in [-0.2, 0) is 29.2 Å². The molecule has 0 saturated heterocycles. The number of nitrogen functional groups attached to an aromatic ring is 1. The van der Waals surface area contributed by atoms with Gasteiger partial charge in [-0.1, -0.05) is 12.1 Å². The summed E-state index contributed by atoms with van der Waals surface area (Å²) in [5, 5.41) is 7.63. The highest BCUT2D eigenvalue weighted by Crippen LogP contribution is 2.09. The zero-order valence-electron chi connectivity index (χ0n) is 11.2. The number of aryl methyl sites for hydroxylation is 1. The van der Waals surface area contributed by atoms with E-state index in [1.807, 2.05) is 7.05 Å². The normalized spacial score (nSPS) is 11.7. The molecule has 8 heteroatoms. The number of nitrogens with one attached hydrogen (secondary N) is 1. The van der Waals surface area contributed by atoms with Gasteiger partial charge in [0.25, 0.3) is 0 Å². The predicted molar refractivity (Wildman–Crippen MR) is 76.2 cm³/mol. The summed E-state index contributed by atoms with van der Waals surface area (Å²) in [7, 11) is -1.56. The van der Waals surface area contributed by atoms with Crippen molar-refractivity contribution in [3.05, 3.63) is 42.0 Å². The maximum atomic E-state index is 11.9. The fraction of sp³-hybridized carbons (Fsp3) is 0.333. The number of hydrogen-bond acceptors (Lipinski definition) is 5. The van der Waals surface area contributed by atoms with E-state index in [1.54, 1.807) is 35.2 Å². The second kappa shape index (κ2) is 6.02. The molecular weight excluding hydrogens is 278 g/mol. The van der Waals surface area contributed by atoms with Gasteiger partial charge in [-0.05, 0) is 17.7 Å². The van der Waals surface area contributed by atoms with E-state index in [1.165, 1.54) is 0 Å². The molecule has 1 heterocycles. The van der Waals surface area contributed by atoms with Crippen molar-refractivity contribution in [2.45, 2.75) is 12.2 Å². The number of anilines is 1. The molecule has 7 nitrogen and oxygen atoms in total. The van der Waals surface area contributed by atoms with Crippen molar-refractivity contribution >= 4 is 15.7 Å². The molecule has 0 fully saturated rings. The Bertz CT molecular complexity index is 681. The highest BCUT2D eigenvalue weighted by Gasteiger charge is 2.12. The lowest BCUT2D eigenvalue weighted by Gasteiger charge is -2.07. The van der Waals surface area contributed by atoms with Gasteiger partial charge in [0, 0.05) is 25.7 Å². The van der Waals surface area contributed by atoms with Crippen molar-refractivity contribution in [2.75, 3.05) is 12.3 Å². The first kappa shape index (κ1) is 14.5. The van der Waals surface area contributed by atoms with Crippen LogP contribution in [0.15, 0.2) is 30.6 Å². The molecule has 3 N–H and O–H groups in total. The van der Waals surface area contributed by atoms with E-state index in [9.17, 15) is 8.42 Å². The summed E-state index contributed by atoms with van der Waals surface area (Å²) in [6.07, 6.45) is 2.07. The van der Waals surface area contributed by atoms with Crippen LogP contribution in [0.4, 0.5) is 5.69 Å². The lowest BCUT2D eigenvalue weighted by Crippen LogP contribution is -2.27. The van der Waals surface area contributed by atoms with Gasteiger partial charge in [-0.25, -0.2) is 13.1 Å². The number of sulfonamides is 1. The van der Waals surface area contributed by atoms with Crippen LogP contribution in [0.25, 0.3) is 0 Å². The molecule has 0 spiro atoms. The average molecular weight is 295 g/mol. The summed E-state index contributed by atoms with van der Waals surface area (Å²) in [6.45, 7) is 0.289. The van der Waals surface area contributed by atoms with Crippen molar-refractivity contribution in [1.29, 1.82) is 0 Å². The summed E-state index contributed by atoms with van der Waals surface area (Å²) in [5.41, 5.74) is 6.84. The van der Waals surface area contributed by atoms with E-state index in [4.69, 9.17) is 5.73 Å². The maximum absolute atomic E-state index is 11.9. The third-order valence-electron chi connectivity index (χ3n) is 2.78. The molecule has 0 aliphatic heterocycles. The molecule has 0 saturated carbocycles. The molecule has 2 aromatic rings. The Balaban J connectivity index is 1.90. The SMILES string of the molecule is Cn1cnnc1CCNS(=O)(=O)Cc1cccc(N)c1. The van der Waals surface area contributed by atoms with Gasteiger partial charge >= 0.3 is 0 Å². The van der Waals surface area contributed by atoms with Crippen LogP contribution in [0.3, 0.4) is 0 Å². The minimum atomic E-state index is -3.38. The first-order valence-corrected chi connectivity index (χ1v) is 7.76. The fourth-order valence-electron chi connectivity index (χ4n) is 1.81. The molecule has 0 atom stereocenters. The van der Waals surface area contributed by atoms with Gasteiger partial charge in [-0.2, -0.15) is 0 Å². The van der Waals surface area contributed by atoms with Gasteiger partial charge in [0.05, 0.1) is 5.75 Å². The van der Waals surface area contributed by atoms with E-state index < -0.39 is 10.0 Å². The lowest BCUT2D eigenvalue weighted by atomic mass is 10.2. The number of benzene rings is 1. The molecule has 1 aromatic heterocycles. The van der Waals surface area contributed by atoms with E-state index in [0.717, 1.165) is 5.82 Å². The van der Waals surface area contributed by atoms with Crippen LogP contribution in [-0.4, -0.2) is 29.7 Å². The molecule has 20 heavy (non-hydrogen) atoms. The molecule has 108 valence electrons. The summed E-state index contributed by atoms with van der Waals surface area (Å²) in [5.74, 6) is 0.647. The van der Waals surface area contributed by atoms with Crippen LogP contribution in [0.5, 0.6) is 0 Å². The summed E-state index contributed by atoms with van der Waals surface area (Å²) in [4.78, 5) is 0. The highest BCUT2D eigenvalue weighted by atomic mass is 32.2. The van der Waals surface area contributed by atoms with Crippen LogP contribution >= 0.6 is 0 Å². The number of nitrogens with two attached hydrogens (primary N) is 1. The number of rotatable bonds is 6. The second-order valence-electron chi connectivity index (χ2n) is 4.51. The smallest absolute Gasteiger partial charge is 0.215 e. The second-order valence-corrected chi connectivity index (χ2v) is 6.31. The zero-order valence-corrected chi connectivity index (χ0v) is 12.0. The standard InChI is InChI=1S/C12H17N5O2S/c1-17-9-14-16-12(17)5-6-15-20(18,19)8-10-3-2-4-11(13)7-10/h2-4,7,9,15H,5-6,8,13H2,1H3. The highest BCUT2D eigenvalue weighted by molar-refractivity contribution is 7.88. The Morgan fingerprint density at radius 2 is 2.20 bits per heavy atom. The van der Waals surface area contributed by atoms with Crippen LogP contribution in [0, 0.1) is 0 Å². The number of hydrogen-bond donors (Lipinski definition) is 2. The van der Waals surface area contributed by atoms with Gasteiger partial charge in [0.1, 0.15) is 12.2 Å². The van der Waals surface area contributed by atoms with Crippen LogP contribution < -0.4 is 10.5 Å². The first-order valence-electron chi connectivity index (χ1n) is 6.11. The molecular formula is C12H17N5O2S. The quantitative estimate of drug-likeness (QED) is 0.734. The summed E-state index contributed by atoms with van der Waals surface area (Å²) < 4.78 is 28.2. The molecule has 0 aliphatic rings. The molecule has 0 amide bonds. The lowest BCUT2D eigenvalue weighted by molar-refractivity contribution is 0.579. The monoisotopic (exact) mass is 295 g/mol. The largest absolute Gasteiger partial charge is 0.399 e. The summed E-state index contributed by atoms with van der Waals surface area (Å²) >= 11 is 0. The van der Waals surface area contributed by atoms with E-state index >= 15 is 0 Å². The molecule has 1 aromatic carbocycles. The molecule has 0 aliphatic carbocycles. The van der Waals surface area contributed by atoms with Crippen molar-refractivity contribution in [1.82, 2.24) is 19.5 Å². The van der Waals surface area contributed by atoms with Gasteiger partial charge in [0.2, 0.25) is 10.0 Å². The molecule has 0 radical (unpaired) electrons. The van der Waals surface area contributed by atoms with Gasteiger partial charge in [-0.15, -0.1) is 10.2 Å². The minimum absolute atomic E-state index is 0.0865. The molecule has 0 bridgehead atoms. The Morgan fingerprint density at radius 1 is 1.40 bits per heavy atom. The Kier molecular flexibility index (Phi) is 4.35. The van der Waals surface area contributed by atoms with Gasteiger partial charge < -0.3 is 10.3 Å². The van der Waals surface area contributed by atoms with E-state index in [2.05, 4.69) is 14.9 Å². The van der Waals surface area contributed by atoms with Crippen molar-refractivity contribution in [3.63, 3.8) is 0 Å². The maximum Gasteiger partial charge on any atom is 0.215 e. The van der Waals surface area contributed by atoms with Crippen LogP contribution in [0.1, 0.15) is 11.4 Å². The third-order valence-corrected chi connectivity index (χ3v) is 4.14. The molecule has 2 rings (SSSR count). The Labute approximate surface area is 117 Å². The van der Waals surface area contributed by atoms with Crippen molar-refractivity contribution < 1.29 is 8.42 Å². The van der Waals surface area contributed by atoms with Gasteiger partial charge in [-0.3, -0.25) is 0 Å². The van der Waals surface area contributed by atoms with Crippen molar-refractivity contribution in [3.8, 4) is 0 Å². The van der Waals surface area contributed by atoms with Crippen molar-refractivity contribution in [2.24, 2.45) is 7.05 Å². The fourth-order valence-corrected chi connectivity index (χ4v) is 2.94. The molecule has 0 unspecified atom stereocenters. The Hall–Kier alpha value is -1.93. The topological polar surface area (TPSA) is 103 Å². The van der Waals surface area contributed by atoms with Crippen LogP contribution in [0.2, 0.25) is 0 Å². The van der Waals surface area contributed by atoms with E-state index in [0.29, 0.717) is 17.7 Å². The van der Waals surface area contributed by atoms with Gasteiger partial charge in [0.15, 0.2) is 0 Å². The number of nitrogens with zero attached hydrogens (tertiary/aromatic N) is 3. The third kappa shape index (κ3) is 4.04. The predicted octanol–water partition coefficient (Wildman–Crippen LogP) is 0.0594. The number of aromatic nitrogens is 3.